The number of benzene rings is 3. The molecule has 5 rings (SSSR count). The molecule has 1 N–H and O–H groups in total. The van der Waals surface area contributed by atoms with E-state index in [1.165, 1.54) is 60.3 Å². The van der Waals surface area contributed by atoms with E-state index in [4.69, 9.17) is 14.3 Å². The molecule has 0 aromatic heterocycles. The number of carbonyl (C=O) groups is 1. The summed E-state index contributed by atoms with van der Waals surface area (Å²) < 4.78 is 36.1. The van der Waals surface area contributed by atoms with Gasteiger partial charge in [-0.15, -0.1) is 0 Å². The lowest BCUT2D eigenvalue weighted by Gasteiger charge is -2.20. The van der Waals surface area contributed by atoms with E-state index in [2.05, 4.69) is 10.1 Å². The number of aliphatic imine (C=N–C) groups is 1. The van der Waals surface area contributed by atoms with Gasteiger partial charge in [-0.3, -0.25) is 20.3 Å². The van der Waals surface area contributed by atoms with Gasteiger partial charge in [0.15, 0.2) is 22.2 Å². The number of hydrogen-bond acceptors (Lipinski definition) is 10. The van der Waals surface area contributed by atoms with Gasteiger partial charge in [0.1, 0.15) is 5.04 Å². The van der Waals surface area contributed by atoms with Crippen LogP contribution in [0.15, 0.2) is 87.3 Å². The highest BCUT2D eigenvalue weighted by Crippen LogP contribution is 2.35. The number of nitrogens with zero attached hydrogens (tertiary/aromatic N) is 4. The predicted molar refractivity (Wildman–Crippen MR) is 149 cm³/mol. The van der Waals surface area contributed by atoms with Gasteiger partial charge in [-0.1, -0.05) is 48.0 Å². The maximum absolute atomic E-state index is 12.8. The standard InChI is InChI=1S/C26H19N5O7S2/c1-15-7-10-17(11-8-15)25-29-30-23(27)18(24(32)28-26(30)39-25)13-16-9-12-20(21(14-16)37-2)38-40(35,36)22-6-4-3-5-19(22)31(33)34/h3-14,27H,1-2H3/b18-13-,27-23?. The van der Waals surface area contributed by atoms with Crippen LogP contribution in [0.5, 0.6) is 11.5 Å². The van der Waals surface area contributed by atoms with Crippen molar-refractivity contribution in [3.05, 3.63) is 99.1 Å². The number of thioether (sulfide) groups is 1. The van der Waals surface area contributed by atoms with Gasteiger partial charge in [0, 0.05) is 11.6 Å². The molecule has 14 heteroatoms. The summed E-state index contributed by atoms with van der Waals surface area (Å²) >= 11 is 1.19. The van der Waals surface area contributed by atoms with Gasteiger partial charge >= 0.3 is 10.1 Å². The molecule has 40 heavy (non-hydrogen) atoms. The Kier molecular flexibility index (Phi) is 6.95. The molecule has 1 amide bonds. The van der Waals surface area contributed by atoms with Crippen molar-refractivity contribution in [2.45, 2.75) is 11.8 Å². The fourth-order valence-corrected chi connectivity index (χ4v) is 5.80. The molecule has 2 aliphatic rings. The lowest BCUT2D eigenvalue weighted by Crippen LogP contribution is -2.35. The van der Waals surface area contributed by atoms with Crippen molar-refractivity contribution in [1.29, 1.82) is 5.41 Å². The maximum atomic E-state index is 12.8. The van der Waals surface area contributed by atoms with Gasteiger partial charge in [0.25, 0.3) is 11.6 Å². The summed E-state index contributed by atoms with van der Waals surface area (Å²) in [5, 5.41) is 26.5. The minimum Gasteiger partial charge on any atom is -0.493 e. The summed E-state index contributed by atoms with van der Waals surface area (Å²) in [6.07, 6.45) is 1.40. The highest BCUT2D eigenvalue weighted by atomic mass is 32.2. The second-order valence-electron chi connectivity index (χ2n) is 8.46. The molecule has 3 aromatic rings. The van der Waals surface area contributed by atoms with Crippen molar-refractivity contribution >= 4 is 55.6 Å². The Morgan fingerprint density at radius 1 is 1.07 bits per heavy atom. The van der Waals surface area contributed by atoms with Crippen LogP contribution in [0, 0.1) is 22.4 Å². The van der Waals surface area contributed by atoms with Crippen molar-refractivity contribution in [3.63, 3.8) is 0 Å². The van der Waals surface area contributed by atoms with Crippen LogP contribution in [0.3, 0.4) is 0 Å². The largest absolute Gasteiger partial charge is 0.493 e. The first kappa shape index (κ1) is 26.8. The number of rotatable bonds is 7. The summed E-state index contributed by atoms with van der Waals surface area (Å²) in [7, 11) is -3.30. The predicted octanol–water partition coefficient (Wildman–Crippen LogP) is 4.35. The van der Waals surface area contributed by atoms with Crippen LogP contribution < -0.4 is 8.92 Å². The number of carbonyl (C=O) groups excluding carboxylic acids is 1. The Balaban J connectivity index is 1.43. The molecular weight excluding hydrogens is 558 g/mol. The average Bonchev–Trinajstić information content (AvgIpc) is 3.36. The molecule has 0 aliphatic carbocycles. The maximum Gasteiger partial charge on any atom is 0.346 e. The summed E-state index contributed by atoms with van der Waals surface area (Å²) in [6, 6.07) is 16.6. The number of amides is 1. The van der Waals surface area contributed by atoms with Crippen LogP contribution in [0.1, 0.15) is 16.7 Å². The van der Waals surface area contributed by atoms with Crippen molar-refractivity contribution in [2.75, 3.05) is 7.11 Å². The molecule has 2 heterocycles. The summed E-state index contributed by atoms with van der Waals surface area (Å²) in [6.45, 7) is 1.97. The number of ether oxygens (including phenoxy) is 1. The lowest BCUT2D eigenvalue weighted by atomic mass is 10.1. The molecule has 202 valence electrons. The summed E-state index contributed by atoms with van der Waals surface area (Å²) in [5.41, 5.74) is 1.62. The molecule has 12 nitrogen and oxygen atoms in total. The van der Waals surface area contributed by atoms with Crippen LogP contribution >= 0.6 is 11.8 Å². The smallest absolute Gasteiger partial charge is 0.346 e. The number of amidine groups is 2. The molecule has 0 radical (unpaired) electrons. The SMILES string of the molecule is COc1cc(/C=C2/C(=N)N3N=C(c4ccc(C)cc4)SC3=NC2=O)ccc1OS(=O)(=O)c1ccccc1[N+](=O)[O-]. The zero-order chi connectivity index (χ0) is 28.6. The third-order valence-corrected chi connectivity index (χ3v) is 8.02. The molecule has 0 spiro atoms. The highest BCUT2D eigenvalue weighted by molar-refractivity contribution is 8.27. The first-order valence-corrected chi connectivity index (χ1v) is 13.7. The van der Waals surface area contributed by atoms with E-state index in [0.29, 0.717) is 10.6 Å². The average molecular weight is 578 g/mol. The molecule has 0 saturated carbocycles. The van der Waals surface area contributed by atoms with Crippen LogP contribution in [0.2, 0.25) is 0 Å². The first-order chi connectivity index (χ1) is 19.1. The van der Waals surface area contributed by atoms with Gasteiger partial charge in [0.05, 0.1) is 17.6 Å². The third-order valence-electron chi connectivity index (χ3n) is 5.78. The fraction of sp³-hybridized carbons (Fsp3) is 0.0769. The summed E-state index contributed by atoms with van der Waals surface area (Å²) in [4.78, 5) is 26.8. The molecule has 2 aliphatic heterocycles. The lowest BCUT2D eigenvalue weighted by molar-refractivity contribution is -0.387. The number of methoxy groups -OCH3 is 1. The molecule has 3 aromatic carbocycles. The monoisotopic (exact) mass is 577 g/mol. The molecule has 0 unspecified atom stereocenters. The third kappa shape index (κ3) is 5.09. The van der Waals surface area contributed by atoms with Gasteiger partial charge < -0.3 is 8.92 Å². The molecule has 0 bridgehead atoms. The highest BCUT2D eigenvalue weighted by Gasteiger charge is 2.36. The zero-order valence-corrected chi connectivity index (χ0v) is 22.5. The van der Waals surface area contributed by atoms with Gasteiger partial charge in [-0.05, 0) is 48.5 Å². The number of aryl methyl sites for hydroxylation is 1. The van der Waals surface area contributed by atoms with Crippen molar-refractivity contribution in [3.8, 4) is 11.5 Å². The van der Waals surface area contributed by atoms with Crippen LogP contribution in [-0.2, 0) is 14.9 Å². The minimum atomic E-state index is -4.59. The number of hydrogen-bond donors (Lipinski definition) is 1. The van der Waals surface area contributed by atoms with E-state index in [1.807, 2.05) is 31.2 Å². The van der Waals surface area contributed by atoms with E-state index in [-0.39, 0.29) is 28.1 Å². The number of hydrazone groups is 1. The second-order valence-corrected chi connectivity index (χ2v) is 10.9. The van der Waals surface area contributed by atoms with Crippen molar-refractivity contribution < 1.29 is 27.1 Å². The molecule has 0 fully saturated rings. The Bertz CT molecular complexity index is 1780. The van der Waals surface area contributed by atoms with Crippen molar-refractivity contribution in [2.24, 2.45) is 10.1 Å². The Morgan fingerprint density at radius 2 is 1.80 bits per heavy atom. The van der Waals surface area contributed by atoms with E-state index in [1.54, 1.807) is 0 Å². The normalized spacial score (nSPS) is 15.9. The van der Waals surface area contributed by atoms with Crippen LogP contribution in [0.25, 0.3) is 6.08 Å². The first-order valence-electron chi connectivity index (χ1n) is 11.5. The Hall–Kier alpha value is -4.82. The van der Waals surface area contributed by atoms with E-state index in [9.17, 15) is 23.3 Å². The summed E-state index contributed by atoms with van der Waals surface area (Å²) in [5.74, 6) is -1.06. The van der Waals surface area contributed by atoms with Crippen molar-refractivity contribution in [1.82, 2.24) is 5.01 Å². The van der Waals surface area contributed by atoms with Crippen LogP contribution in [-0.4, -0.2) is 47.4 Å². The topological polar surface area (TPSA) is 165 Å². The van der Waals surface area contributed by atoms with E-state index < -0.39 is 31.5 Å². The van der Waals surface area contributed by atoms with Crippen LogP contribution in [0.4, 0.5) is 5.69 Å². The van der Waals surface area contributed by atoms with Gasteiger partial charge in [-0.2, -0.15) is 23.5 Å². The number of nitro groups is 1. The number of nitrogens with one attached hydrogen (secondary N) is 1. The van der Waals surface area contributed by atoms with E-state index in [0.717, 1.165) is 23.3 Å². The number of para-hydroxylation sites is 1. The Morgan fingerprint density at radius 3 is 2.50 bits per heavy atom. The van der Waals surface area contributed by atoms with Gasteiger partial charge in [0.2, 0.25) is 5.17 Å². The fourth-order valence-electron chi connectivity index (χ4n) is 3.80. The molecule has 0 atom stereocenters. The van der Waals surface area contributed by atoms with Gasteiger partial charge in [-0.25, -0.2) is 0 Å². The molecule has 0 saturated heterocycles. The molecular formula is C26H19N5O7S2. The second kappa shape index (κ2) is 10.4. The quantitative estimate of drug-likeness (QED) is 0.186. The Labute approximate surface area is 232 Å². The minimum absolute atomic E-state index is 0.0214. The zero-order valence-electron chi connectivity index (χ0n) is 20.9. The number of fused-ring (bicyclic) bond motifs is 1. The number of nitro benzene ring substituents is 1. The van der Waals surface area contributed by atoms with E-state index >= 15 is 0 Å².